The van der Waals surface area contributed by atoms with E-state index in [1.165, 1.54) is 5.56 Å². The summed E-state index contributed by atoms with van der Waals surface area (Å²) >= 11 is 0. The van der Waals surface area contributed by atoms with E-state index in [9.17, 15) is 4.79 Å². The van der Waals surface area contributed by atoms with Crippen LogP contribution in [0.2, 0.25) is 0 Å². The smallest absolute Gasteiger partial charge is 0.278 e. The molecule has 1 heterocycles. The van der Waals surface area contributed by atoms with Gasteiger partial charge >= 0.3 is 0 Å². The Morgan fingerprint density at radius 3 is 2.56 bits per heavy atom. The number of pyridine rings is 1. The van der Waals surface area contributed by atoms with E-state index < -0.39 is 0 Å². The fraction of sp³-hybridized carbons (Fsp3) is 0.200. The molecule has 0 aliphatic rings. The molecule has 0 fully saturated rings. The molecule has 2 aromatic rings. The van der Waals surface area contributed by atoms with E-state index >= 15 is 0 Å². The Bertz CT molecular complexity index is 654. The van der Waals surface area contributed by atoms with E-state index in [-0.39, 0.29) is 5.91 Å². The highest BCUT2D eigenvalue weighted by molar-refractivity contribution is 5.95. The molecule has 0 unspecified atom stereocenters. The Morgan fingerprint density at radius 2 is 1.89 bits per heavy atom. The van der Waals surface area contributed by atoms with Gasteiger partial charge < -0.3 is 4.57 Å². The first-order chi connectivity index (χ1) is 8.58. The summed E-state index contributed by atoms with van der Waals surface area (Å²) in [6.45, 7) is 4.02. The lowest BCUT2D eigenvalue weighted by atomic mass is 10.1. The number of aryl methyl sites for hydroxylation is 3. The number of amides is 1. The zero-order valence-corrected chi connectivity index (χ0v) is 10.8. The molecule has 3 heteroatoms. The number of hydrogen-bond acceptors (Lipinski definition) is 1. The fourth-order valence-electron chi connectivity index (χ4n) is 1.67. The third-order valence-corrected chi connectivity index (χ3v) is 3.00. The molecule has 1 aromatic carbocycles. The maximum atomic E-state index is 12.0. The average molecular weight is 240 g/mol. The van der Waals surface area contributed by atoms with E-state index in [0.717, 1.165) is 5.56 Å². The maximum absolute atomic E-state index is 12.0. The number of nitrogens with zero attached hydrogens (tertiary/aromatic N) is 2. The van der Waals surface area contributed by atoms with Crippen LogP contribution in [0, 0.1) is 13.8 Å². The lowest BCUT2D eigenvalue weighted by molar-refractivity contribution is 0.0997. The Kier molecular flexibility index (Phi) is 3.42. The minimum absolute atomic E-state index is 0.208. The van der Waals surface area contributed by atoms with Gasteiger partial charge in [-0.2, -0.15) is 4.99 Å². The molecule has 18 heavy (non-hydrogen) atoms. The number of hydrogen-bond donors (Lipinski definition) is 0. The van der Waals surface area contributed by atoms with Crippen LogP contribution in [0.1, 0.15) is 21.5 Å². The van der Waals surface area contributed by atoms with Crippen LogP contribution in [0.3, 0.4) is 0 Å². The molecule has 0 saturated heterocycles. The van der Waals surface area contributed by atoms with Crippen molar-refractivity contribution in [3.63, 3.8) is 0 Å². The van der Waals surface area contributed by atoms with Crippen molar-refractivity contribution in [2.45, 2.75) is 13.8 Å². The molecule has 92 valence electrons. The third-order valence-electron chi connectivity index (χ3n) is 3.00. The number of carbonyl (C=O) groups excluding carboxylic acids is 1. The molecule has 0 radical (unpaired) electrons. The third kappa shape index (κ3) is 2.56. The quantitative estimate of drug-likeness (QED) is 0.753. The lowest BCUT2D eigenvalue weighted by Crippen LogP contribution is -2.18. The summed E-state index contributed by atoms with van der Waals surface area (Å²) in [6.07, 6.45) is 1.87. The van der Waals surface area contributed by atoms with Gasteiger partial charge in [-0.05, 0) is 49.2 Å². The van der Waals surface area contributed by atoms with Gasteiger partial charge in [0.1, 0.15) is 5.49 Å². The van der Waals surface area contributed by atoms with Gasteiger partial charge in [0.2, 0.25) is 0 Å². The molecule has 0 bridgehead atoms. The van der Waals surface area contributed by atoms with Crippen LogP contribution >= 0.6 is 0 Å². The van der Waals surface area contributed by atoms with E-state index in [0.29, 0.717) is 11.1 Å². The van der Waals surface area contributed by atoms with Crippen molar-refractivity contribution in [2.24, 2.45) is 12.0 Å². The van der Waals surface area contributed by atoms with Gasteiger partial charge in [-0.15, -0.1) is 0 Å². The van der Waals surface area contributed by atoms with Crippen LogP contribution in [0.15, 0.2) is 47.6 Å². The average Bonchev–Trinajstić information content (AvgIpc) is 2.35. The highest BCUT2D eigenvalue weighted by Crippen LogP contribution is 2.10. The minimum Gasteiger partial charge on any atom is -0.336 e. The molecule has 0 atom stereocenters. The van der Waals surface area contributed by atoms with Crippen molar-refractivity contribution in [1.29, 1.82) is 0 Å². The Morgan fingerprint density at radius 1 is 1.11 bits per heavy atom. The summed E-state index contributed by atoms with van der Waals surface area (Å²) < 4.78 is 1.82. The largest absolute Gasteiger partial charge is 0.336 e. The minimum atomic E-state index is -0.208. The van der Waals surface area contributed by atoms with E-state index in [1.54, 1.807) is 0 Å². The van der Waals surface area contributed by atoms with Gasteiger partial charge in [-0.1, -0.05) is 12.1 Å². The molecular formula is C15H16N2O. The summed E-state index contributed by atoms with van der Waals surface area (Å²) in [5.74, 6) is -0.208. The number of rotatable bonds is 1. The predicted molar refractivity (Wildman–Crippen MR) is 71.2 cm³/mol. The molecular weight excluding hydrogens is 224 g/mol. The van der Waals surface area contributed by atoms with Crippen LogP contribution < -0.4 is 5.49 Å². The molecule has 0 spiro atoms. The summed E-state index contributed by atoms with van der Waals surface area (Å²) in [7, 11) is 1.87. The SMILES string of the molecule is Cc1ccc(C(=O)N=c2ccccn2C)cc1C. The first-order valence-corrected chi connectivity index (χ1v) is 5.86. The molecule has 0 saturated carbocycles. The Labute approximate surface area is 106 Å². The van der Waals surface area contributed by atoms with Crippen LogP contribution in [0.5, 0.6) is 0 Å². The van der Waals surface area contributed by atoms with E-state index in [2.05, 4.69) is 4.99 Å². The van der Waals surface area contributed by atoms with Crippen LogP contribution in [-0.2, 0) is 7.05 Å². The van der Waals surface area contributed by atoms with E-state index in [1.807, 2.05) is 68.1 Å². The van der Waals surface area contributed by atoms with Crippen molar-refractivity contribution < 1.29 is 4.79 Å². The molecule has 0 aliphatic heterocycles. The fourth-order valence-corrected chi connectivity index (χ4v) is 1.67. The molecule has 0 N–H and O–H groups in total. The van der Waals surface area contributed by atoms with Crippen molar-refractivity contribution in [1.82, 2.24) is 4.57 Å². The van der Waals surface area contributed by atoms with Gasteiger partial charge in [0.05, 0.1) is 0 Å². The maximum Gasteiger partial charge on any atom is 0.278 e. The van der Waals surface area contributed by atoms with Gasteiger partial charge in [-0.3, -0.25) is 4.79 Å². The second kappa shape index (κ2) is 5.00. The second-order valence-electron chi connectivity index (χ2n) is 4.39. The van der Waals surface area contributed by atoms with Crippen molar-refractivity contribution >= 4 is 5.91 Å². The highest BCUT2D eigenvalue weighted by Gasteiger charge is 2.04. The summed E-state index contributed by atoms with van der Waals surface area (Å²) in [5.41, 5.74) is 3.56. The first kappa shape index (κ1) is 12.3. The monoisotopic (exact) mass is 240 g/mol. The second-order valence-corrected chi connectivity index (χ2v) is 4.39. The molecule has 2 rings (SSSR count). The predicted octanol–water partition coefficient (Wildman–Crippen LogP) is 2.38. The lowest BCUT2D eigenvalue weighted by Gasteiger charge is -2.02. The van der Waals surface area contributed by atoms with E-state index in [4.69, 9.17) is 0 Å². The van der Waals surface area contributed by atoms with Crippen molar-refractivity contribution in [3.8, 4) is 0 Å². The van der Waals surface area contributed by atoms with Crippen molar-refractivity contribution in [3.05, 3.63) is 64.8 Å². The van der Waals surface area contributed by atoms with Gasteiger partial charge in [-0.25, -0.2) is 0 Å². The van der Waals surface area contributed by atoms with Gasteiger partial charge in [0.25, 0.3) is 5.91 Å². The normalized spacial score (nSPS) is 11.6. The number of benzene rings is 1. The van der Waals surface area contributed by atoms with Gasteiger partial charge in [0.15, 0.2) is 0 Å². The summed E-state index contributed by atoms with van der Waals surface area (Å²) in [5, 5.41) is 0. The van der Waals surface area contributed by atoms with Crippen molar-refractivity contribution in [2.75, 3.05) is 0 Å². The van der Waals surface area contributed by atoms with Gasteiger partial charge in [0, 0.05) is 18.8 Å². The Hall–Kier alpha value is -2.16. The number of aromatic nitrogens is 1. The molecule has 3 nitrogen and oxygen atoms in total. The summed E-state index contributed by atoms with van der Waals surface area (Å²) in [4.78, 5) is 16.2. The van der Waals surface area contributed by atoms with Crippen LogP contribution in [0.4, 0.5) is 0 Å². The standard InChI is InChI=1S/C15H16N2O/c1-11-7-8-13(10-12(11)2)15(18)16-14-6-4-5-9-17(14)3/h4-10H,1-3H3. The number of carbonyl (C=O) groups is 1. The molecule has 1 aromatic heterocycles. The summed E-state index contributed by atoms with van der Waals surface area (Å²) in [6, 6.07) is 11.2. The Balaban J connectivity index is 2.41. The topological polar surface area (TPSA) is 34.4 Å². The molecule has 1 amide bonds. The van der Waals surface area contributed by atoms with Crippen LogP contribution in [-0.4, -0.2) is 10.5 Å². The van der Waals surface area contributed by atoms with Crippen LogP contribution in [0.25, 0.3) is 0 Å². The first-order valence-electron chi connectivity index (χ1n) is 5.86. The zero-order chi connectivity index (χ0) is 13.1. The molecule has 0 aliphatic carbocycles. The zero-order valence-electron chi connectivity index (χ0n) is 10.8. The highest BCUT2D eigenvalue weighted by atomic mass is 16.1.